The Morgan fingerprint density at radius 2 is 1.64 bits per heavy atom. The lowest BCUT2D eigenvalue weighted by atomic mass is 9.83. The van der Waals surface area contributed by atoms with Crippen molar-refractivity contribution in [3.63, 3.8) is 0 Å². The first-order valence-electron chi connectivity index (χ1n) is 12.3. The molecule has 0 unspecified atom stereocenters. The van der Waals surface area contributed by atoms with Crippen LogP contribution in [0, 0.1) is 22.0 Å². The van der Waals surface area contributed by atoms with Gasteiger partial charge in [-0.2, -0.15) is 0 Å². The fourth-order valence-electron chi connectivity index (χ4n) is 5.88. The second-order valence-electron chi connectivity index (χ2n) is 9.60. The number of fused-ring (bicyclic) bond motifs is 5. The molecule has 0 saturated carbocycles. The molecule has 194 valence electrons. The van der Waals surface area contributed by atoms with Crippen LogP contribution in [0.4, 0.5) is 11.4 Å². The van der Waals surface area contributed by atoms with Crippen molar-refractivity contribution in [1.82, 2.24) is 4.90 Å². The Labute approximate surface area is 222 Å². The Kier molecular flexibility index (Phi) is 5.60. The highest BCUT2D eigenvalue weighted by atomic mass is 16.6. The summed E-state index contributed by atoms with van der Waals surface area (Å²) in [4.78, 5) is 66.6. The van der Waals surface area contributed by atoms with Gasteiger partial charge in [-0.05, 0) is 47.5 Å². The van der Waals surface area contributed by atoms with Crippen molar-refractivity contribution in [2.75, 3.05) is 4.90 Å². The zero-order valence-corrected chi connectivity index (χ0v) is 20.6. The number of hydrogen-bond donors (Lipinski definition) is 0. The van der Waals surface area contributed by atoms with E-state index in [-0.39, 0.29) is 28.5 Å². The number of non-ortho nitro benzene ring substituents is 1. The molecule has 0 aromatic heterocycles. The Balaban J connectivity index is 1.44. The van der Waals surface area contributed by atoms with Crippen LogP contribution in [-0.4, -0.2) is 39.4 Å². The van der Waals surface area contributed by atoms with Gasteiger partial charge in [-0.1, -0.05) is 30.3 Å². The van der Waals surface area contributed by atoms with Crippen molar-refractivity contribution in [2.24, 2.45) is 11.8 Å². The minimum atomic E-state index is -1.02. The molecule has 10 heteroatoms. The second-order valence-corrected chi connectivity index (χ2v) is 9.60. The monoisotopic (exact) mass is 523 g/mol. The number of ether oxygens (including phenoxy) is 1. The highest BCUT2D eigenvalue weighted by Gasteiger charge is 2.64. The molecular weight excluding hydrogens is 502 g/mol. The van der Waals surface area contributed by atoms with E-state index in [0.717, 1.165) is 16.0 Å². The number of Topliss-reactive ketones (excluding diaryl/α,β-unsaturated/α-hetero) is 1. The van der Waals surface area contributed by atoms with Crippen LogP contribution >= 0.6 is 0 Å². The van der Waals surface area contributed by atoms with Crippen molar-refractivity contribution in [3.8, 4) is 5.75 Å². The average molecular weight is 524 g/mol. The number of esters is 1. The maximum Gasteiger partial charge on any atom is 0.308 e. The molecule has 0 spiro atoms. The fourth-order valence-corrected chi connectivity index (χ4v) is 5.88. The lowest BCUT2D eigenvalue weighted by Crippen LogP contribution is -2.44. The molecule has 2 fully saturated rings. The van der Waals surface area contributed by atoms with Gasteiger partial charge in [0, 0.05) is 30.8 Å². The maximum atomic E-state index is 14.0. The van der Waals surface area contributed by atoms with E-state index < -0.39 is 46.6 Å². The maximum absolute atomic E-state index is 14.0. The number of nitro benzene ring substituents is 1. The largest absolute Gasteiger partial charge is 0.427 e. The summed E-state index contributed by atoms with van der Waals surface area (Å²) in [5.41, 5.74) is 1.83. The van der Waals surface area contributed by atoms with E-state index in [0.29, 0.717) is 0 Å². The van der Waals surface area contributed by atoms with Crippen LogP contribution in [0.3, 0.4) is 0 Å². The minimum Gasteiger partial charge on any atom is -0.427 e. The first-order valence-corrected chi connectivity index (χ1v) is 12.3. The van der Waals surface area contributed by atoms with Crippen molar-refractivity contribution in [2.45, 2.75) is 19.0 Å². The van der Waals surface area contributed by atoms with Gasteiger partial charge in [0.15, 0.2) is 5.78 Å². The third-order valence-corrected chi connectivity index (χ3v) is 7.43. The number of benzene rings is 3. The summed E-state index contributed by atoms with van der Waals surface area (Å²) in [5, 5.41) is 11.4. The number of nitrogens with zero attached hydrogens (tertiary/aromatic N) is 3. The number of anilines is 1. The van der Waals surface area contributed by atoms with Crippen LogP contribution in [0.15, 0.2) is 79.0 Å². The fraction of sp³-hybridized carbons (Fsp3) is 0.172. The third kappa shape index (κ3) is 3.80. The zero-order chi connectivity index (χ0) is 27.4. The first kappa shape index (κ1) is 24.2. The summed E-state index contributed by atoms with van der Waals surface area (Å²) in [6, 6.07) is 17.3. The van der Waals surface area contributed by atoms with E-state index in [9.17, 15) is 29.3 Å². The van der Waals surface area contributed by atoms with Crippen LogP contribution in [0.1, 0.15) is 34.5 Å². The van der Waals surface area contributed by atoms with E-state index in [4.69, 9.17) is 4.74 Å². The molecule has 39 heavy (non-hydrogen) atoms. The molecule has 3 aromatic rings. The van der Waals surface area contributed by atoms with Gasteiger partial charge in [-0.25, -0.2) is 4.90 Å². The Hall–Kier alpha value is -5.12. The Morgan fingerprint density at radius 3 is 2.36 bits per heavy atom. The van der Waals surface area contributed by atoms with E-state index in [1.54, 1.807) is 11.1 Å². The number of rotatable bonds is 5. The van der Waals surface area contributed by atoms with Gasteiger partial charge in [0.25, 0.3) is 5.69 Å². The van der Waals surface area contributed by atoms with Gasteiger partial charge in [-0.15, -0.1) is 0 Å². The molecule has 0 aliphatic carbocycles. The van der Waals surface area contributed by atoms with Crippen LogP contribution in [-0.2, 0) is 14.4 Å². The lowest BCUT2D eigenvalue weighted by molar-refractivity contribution is -0.384. The standard InChI is InChI=1S/C29H21N3O7/c1-16(33)39-21-11-9-18(10-12-21)27(34)26-24-23(25-22-8-3-2-5-17(22)13-14-30(25)26)28(35)31(29(24)36)19-6-4-7-20(15-19)32(37)38/h2-15,23-26H,1H3/t23-,24+,25-,26-/m0/s1. The number of ketones is 1. The molecule has 4 atom stereocenters. The molecule has 0 N–H and O–H groups in total. The highest BCUT2D eigenvalue weighted by molar-refractivity contribution is 6.24. The van der Waals surface area contributed by atoms with Gasteiger partial charge in [-0.3, -0.25) is 29.3 Å². The molecule has 0 radical (unpaired) electrons. The summed E-state index contributed by atoms with van der Waals surface area (Å²) in [5.74, 6) is -3.57. The summed E-state index contributed by atoms with van der Waals surface area (Å²) < 4.78 is 5.06. The molecule has 6 rings (SSSR count). The van der Waals surface area contributed by atoms with Crippen LogP contribution < -0.4 is 9.64 Å². The summed E-state index contributed by atoms with van der Waals surface area (Å²) in [6.45, 7) is 1.27. The number of amides is 2. The van der Waals surface area contributed by atoms with E-state index in [1.165, 1.54) is 55.5 Å². The van der Waals surface area contributed by atoms with Crippen molar-refractivity contribution in [1.29, 1.82) is 0 Å². The first-order chi connectivity index (χ1) is 18.8. The average Bonchev–Trinajstić information content (AvgIpc) is 3.40. The van der Waals surface area contributed by atoms with E-state index >= 15 is 0 Å². The molecular formula is C29H21N3O7. The van der Waals surface area contributed by atoms with Crippen molar-refractivity contribution >= 4 is 41.0 Å². The molecule has 0 bridgehead atoms. The minimum absolute atomic E-state index is 0.0942. The molecule has 3 aromatic carbocycles. The molecule has 2 saturated heterocycles. The van der Waals surface area contributed by atoms with Gasteiger partial charge in [0.05, 0.1) is 28.5 Å². The van der Waals surface area contributed by atoms with Crippen molar-refractivity contribution < 1.29 is 28.8 Å². The smallest absolute Gasteiger partial charge is 0.308 e. The number of nitro groups is 1. The van der Waals surface area contributed by atoms with Crippen LogP contribution in [0.5, 0.6) is 5.75 Å². The highest BCUT2D eigenvalue weighted by Crippen LogP contribution is 2.53. The van der Waals surface area contributed by atoms with Gasteiger partial charge in [0.1, 0.15) is 11.8 Å². The van der Waals surface area contributed by atoms with Crippen LogP contribution in [0.2, 0.25) is 0 Å². The predicted octanol–water partition coefficient (Wildman–Crippen LogP) is 3.92. The lowest BCUT2D eigenvalue weighted by Gasteiger charge is -2.35. The number of carbonyl (C=O) groups excluding carboxylic acids is 4. The Morgan fingerprint density at radius 1 is 0.923 bits per heavy atom. The number of imide groups is 1. The second kappa shape index (κ2) is 9.02. The summed E-state index contributed by atoms with van der Waals surface area (Å²) >= 11 is 0. The third-order valence-electron chi connectivity index (χ3n) is 7.43. The molecule has 10 nitrogen and oxygen atoms in total. The van der Waals surface area contributed by atoms with E-state index in [2.05, 4.69) is 0 Å². The predicted molar refractivity (Wildman–Crippen MR) is 138 cm³/mol. The normalized spacial score (nSPS) is 22.8. The Bertz CT molecular complexity index is 1600. The number of carbonyl (C=O) groups is 4. The summed E-state index contributed by atoms with van der Waals surface area (Å²) in [7, 11) is 0. The van der Waals surface area contributed by atoms with Gasteiger partial charge in [0.2, 0.25) is 11.8 Å². The zero-order valence-electron chi connectivity index (χ0n) is 20.6. The quantitative estimate of drug-likeness (QED) is 0.123. The topological polar surface area (TPSA) is 127 Å². The van der Waals surface area contributed by atoms with E-state index in [1.807, 2.05) is 30.3 Å². The molecule has 3 heterocycles. The number of hydrogen-bond acceptors (Lipinski definition) is 8. The van der Waals surface area contributed by atoms with Crippen molar-refractivity contribution in [3.05, 3.63) is 106 Å². The SMILES string of the molecule is CC(=O)Oc1ccc(C(=O)[C@@H]2[C@@H]3C(=O)N(c4cccc([N+](=O)[O-])c4)C(=O)[C@@H]3[C@@H]3c4ccccc4C=CN23)cc1. The van der Waals surface area contributed by atoms with Crippen LogP contribution in [0.25, 0.3) is 6.08 Å². The van der Waals surface area contributed by atoms with Gasteiger partial charge < -0.3 is 9.64 Å². The summed E-state index contributed by atoms with van der Waals surface area (Å²) in [6.07, 6.45) is 3.60. The molecule has 3 aliphatic rings. The molecule has 3 aliphatic heterocycles. The molecule has 2 amide bonds. The van der Waals surface area contributed by atoms with Gasteiger partial charge >= 0.3 is 5.97 Å².